The van der Waals surface area contributed by atoms with Crippen LogP contribution >= 0.6 is 0 Å². The lowest BCUT2D eigenvalue weighted by Gasteiger charge is -2.49. The topological polar surface area (TPSA) is 29.5 Å². The van der Waals surface area contributed by atoms with Crippen LogP contribution in [0.4, 0.5) is 14.9 Å². The second-order valence-corrected chi connectivity index (χ2v) is 9.08. The predicted molar refractivity (Wildman–Crippen MR) is 104 cm³/mol. The van der Waals surface area contributed by atoms with Gasteiger partial charge in [-0.05, 0) is 30.4 Å². The summed E-state index contributed by atoms with van der Waals surface area (Å²) < 4.78 is 22.0. The highest BCUT2D eigenvalue weighted by Gasteiger charge is 2.45. The average Bonchev–Trinajstić information content (AvgIpc) is 2.68. The van der Waals surface area contributed by atoms with E-state index in [0.29, 0.717) is 11.6 Å². The van der Waals surface area contributed by atoms with Gasteiger partial charge < -0.3 is 9.22 Å². The molecule has 0 aromatic heterocycles. The van der Waals surface area contributed by atoms with Gasteiger partial charge in [0, 0.05) is 25.8 Å². The number of carbonyl (C=O) groups excluding carboxylic acids is 1. The summed E-state index contributed by atoms with van der Waals surface area (Å²) in [5, 5.41) is 0. The van der Waals surface area contributed by atoms with Gasteiger partial charge in [0.25, 0.3) is 0 Å². The van der Waals surface area contributed by atoms with E-state index in [9.17, 15) is 4.79 Å². The summed E-state index contributed by atoms with van der Waals surface area (Å²) in [6.07, 6.45) is 7.39. The minimum atomic E-state index is -0.431. The molecule has 0 unspecified atom stereocenters. The Labute approximate surface area is 161 Å². The van der Waals surface area contributed by atoms with E-state index >= 15 is 4.39 Å². The van der Waals surface area contributed by atoms with Crippen molar-refractivity contribution < 1.29 is 18.4 Å². The molecular formula is C22H32FN2O2+. The Morgan fingerprint density at radius 1 is 1.15 bits per heavy atom. The maximum absolute atomic E-state index is 15.2. The normalized spacial score (nSPS) is 30.9. The standard InChI is InChI=1S/C22H32FN2O2/c1-24(22(26)27-20-15-25(2)13-11-17(20)12-14-25)19-10-6-9-18(21(19)23)16-7-4-3-5-8-16/h6,9-10,16-17,20H,3-5,7-8,11-15H2,1-2H3/q+1/t17?,20-,25?/m0/s1. The number of piperidine rings is 3. The third-order valence-electron chi connectivity index (χ3n) is 7.17. The number of carbonyl (C=O) groups is 1. The Kier molecular flexibility index (Phi) is 5.15. The molecule has 4 fully saturated rings. The zero-order valence-electron chi connectivity index (χ0n) is 16.6. The van der Waals surface area contributed by atoms with Crippen molar-refractivity contribution in [3.8, 4) is 0 Å². The molecule has 27 heavy (non-hydrogen) atoms. The molecule has 148 valence electrons. The monoisotopic (exact) mass is 375 g/mol. The van der Waals surface area contributed by atoms with Crippen LogP contribution in [0.2, 0.25) is 0 Å². The van der Waals surface area contributed by atoms with Crippen LogP contribution < -0.4 is 4.90 Å². The highest BCUT2D eigenvalue weighted by Crippen LogP contribution is 2.37. The molecular weight excluding hydrogens is 343 g/mol. The van der Waals surface area contributed by atoms with Gasteiger partial charge in [-0.3, -0.25) is 4.90 Å². The Morgan fingerprint density at radius 3 is 2.52 bits per heavy atom. The van der Waals surface area contributed by atoms with Gasteiger partial charge in [-0.15, -0.1) is 0 Å². The number of halogens is 1. The first kappa shape index (κ1) is 18.7. The minimum Gasteiger partial charge on any atom is -0.440 e. The zero-order valence-corrected chi connectivity index (χ0v) is 16.6. The van der Waals surface area contributed by atoms with Crippen LogP contribution in [-0.4, -0.2) is 50.4 Å². The van der Waals surface area contributed by atoms with Crippen molar-refractivity contribution in [2.24, 2.45) is 5.92 Å². The second-order valence-electron chi connectivity index (χ2n) is 9.08. The Balaban J connectivity index is 1.47. The number of hydrogen-bond donors (Lipinski definition) is 0. The number of anilines is 1. The molecule has 3 saturated heterocycles. The number of rotatable bonds is 3. The molecule has 0 spiro atoms. The molecule has 1 aromatic carbocycles. The fourth-order valence-electron chi connectivity index (χ4n) is 5.31. The summed E-state index contributed by atoms with van der Waals surface area (Å²) in [7, 11) is 3.87. The number of fused-ring (bicyclic) bond motifs is 3. The summed E-state index contributed by atoms with van der Waals surface area (Å²) in [4.78, 5) is 14.1. The summed E-state index contributed by atoms with van der Waals surface area (Å²) >= 11 is 0. The molecule has 2 bridgehead atoms. The average molecular weight is 376 g/mol. The smallest absolute Gasteiger partial charge is 0.414 e. The van der Waals surface area contributed by atoms with Gasteiger partial charge in [-0.2, -0.15) is 0 Å². The van der Waals surface area contributed by atoms with Gasteiger partial charge in [0.05, 0.1) is 25.8 Å². The lowest BCUT2D eigenvalue weighted by Crippen LogP contribution is -2.62. The Morgan fingerprint density at radius 2 is 1.85 bits per heavy atom. The minimum absolute atomic E-state index is 0.0444. The van der Waals surface area contributed by atoms with Gasteiger partial charge in [0.1, 0.15) is 12.4 Å². The molecule has 1 aliphatic carbocycles. The first-order valence-corrected chi connectivity index (χ1v) is 10.5. The third-order valence-corrected chi connectivity index (χ3v) is 7.17. The SMILES string of the molecule is CN(C(=O)O[C@H]1C[N+]2(C)CCC1CC2)c1cccc(C2CCCCC2)c1F. The second kappa shape index (κ2) is 7.42. The number of hydrogen-bond acceptors (Lipinski definition) is 2. The highest BCUT2D eigenvalue weighted by atomic mass is 19.1. The van der Waals surface area contributed by atoms with Gasteiger partial charge in [0.15, 0.2) is 6.10 Å². The van der Waals surface area contributed by atoms with Crippen molar-refractivity contribution in [2.75, 3.05) is 38.6 Å². The number of quaternary nitrogens is 1. The van der Waals surface area contributed by atoms with E-state index in [2.05, 4.69) is 7.05 Å². The molecule has 1 aromatic rings. The number of benzene rings is 1. The third kappa shape index (κ3) is 3.71. The largest absolute Gasteiger partial charge is 0.440 e. The van der Waals surface area contributed by atoms with Crippen LogP contribution in [0.15, 0.2) is 18.2 Å². The van der Waals surface area contributed by atoms with E-state index in [1.165, 1.54) is 24.4 Å². The van der Waals surface area contributed by atoms with Gasteiger partial charge in [-0.1, -0.05) is 31.4 Å². The van der Waals surface area contributed by atoms with Crippen LogP contribution in [0.25, 0.3) is 0 Å². The summed E-state index contributed by atoms with van der Waals surface area (Å²) in [6.45, 7) is 3.23. The molecule has 1 amide bonds. The zero-order chi connectivity index (χ0) is 19.0. The molecule has 4 aliphatic rings. The van der Waals surface area contributed by atoms with Crippen molar-refractivity contribution in [1.29, 1.82) is 0 Å². The lowest BCUT2D eigenvalue weighted by molar-refractivity contribution is -0.928. The van der Waals surface area contributed by atoms with E-state index in [4.69, 9.17) is 4.74 Å². The quantitative estimate of drug-likeness (QED) is 0.718. The molecule has 5 rings (SSSR count). The van der Waals surface area contributed by atoms with Crippen LogP contribution in [0.3, 0.4) is 0 Å². The number of ether oxygens (including phenoxy) is 1. The molecule has 5 heteroatoms. The molecule has 0 radical (unpaired) electrons. The van der Waals surface area contributed by atoms with E-state index in [1.807, 2.05) is 12.1 Å². The van der Waals surface area contributed by atoms with Crippen molar-refractivity contribution in [2.45, 2.75) is 57.0 Å². The maximum Gasteiger partial charge on any atom is 0.414 e. The van der Waals surface area contributed by atoms with E-state index in [-0.39, 0.29) is 17.8 Å². The number of amides is 1. The fourth-order valence-corrected chi connectivity index (χ4v) is 5.31. The number of nitrogens with zero attached hydrogens (tertiary/aromatic N) is 2. The van der Waals surface area contributed by atoms with Crippen molar-refractivity contribution in [3.63, 3.8) is 0 Å². The van der Waals surface area contributed by atoms with E-state index in [1.54, 1.807) is 13.1 Å². The van der Waals surface area contributed by atoms with E-state index in [0.717, 1.165) is 55.1 Å². The summed E-state index contributed by atoms with van der Waals surface area (Å²) in [6, 6.07) is 5.44. The van der Waals surface area contributed by atoms with Crippen LogP contribution in [-0.2, 0) is 4.74 Å². The van der Waals surface area contributed by atoms with Gasteiger partial charge in [0.2, 0.25) is 0 Å². The number of likely N-dealkylation sites (N-methyl/N-ethyl adjacent to an activating group) is 1. The maximum atomic E-state index is 15.2. The Bertz CT molecular complexity index is 694. The Hall–Kier alpha value is -1.62. The van der Waals surface area contributed by atoms with Gasteiger partial charge >= 0.3 is 6.09 Å². The van der Waals surface area contributed by atoms with Crippen molar-refractivity contribution in [3.05, 3.63) is 29.6 Å². The van der Waals surface area contributed by atoms with Crippen LogP contribution in [0.1, 0.15) is 56.4 Å². The first-order valence-electron chi connectivity index (χ1n) is 10.5. The lowest BCUT2D eigenvalue weighted by atomic mass is 9.83. The first-order chi connectivity index (χ1) is 13.0. The molecule has 4 nitrogen and oxygen atoms in total. The van der Waals surface area contributed by atoms with Gasteiger partial charge in [-0.25, -0.2) is 9.18 Å². The van der Waals surface area contributed by atoms with Crippen molar-refractivity contribution in [1.82, 2.24) is 0 Å². The van der Waals surface area contributed by atoms with E-state index < -0.39 is 6.09 Å². The summed E-state index contributed by atoms with van der Waals surface area (Å²) in [5.41, 5.74) is 1.09. The predicted octanol–water partition coefficient (Wildman–Crippen LogP) is 4.69. The molecule has 3 heterocycles. The molecule has 0 N–H and O–H groups in total. The fraction of sp³-hybridized carbons (Fsp3) is 0.682. The van der Waals surface area contributed by atoms with Crippen LogP contribution in [0.5, 0.6) is 0 Å². The highest BCUT2D eigenvalue weighted by molar-refractivity contribution is 5.87. The molecule has 1 atom stereocenters. The molecule has 3 aliphatic heterocycles. The molecule has 1 saturated carbocycles. The summed E-state index contributed by atoms with van der Waals surface area (Å²) in [5.74, 6) is 0.479. The van der Waals surface area contributed by atoms with Crippen molar-refractivity contribution >= 4 is 11.8 Å². The van der Waals surface area contributed by atoms with Crippen LogP contribution in [0, 0.1) is 11.7 Å².